The zero-order valence-corrected chi connectivity index (χ0v) is 15.0. The summed E-state index contributed by atoms with van der Waals surface area (Å²) in [6.07, 6.45) is 0. The van der Waals surface area contributed by atoms with E-state index in [4.69, 9.17) is 0 Å². The zero-order valence-electron chi connectivity index (χ0n) is 14.2. The molecule has 0 unspecified atom stereocenters. The number of benzene rings is 2. The number of amides is 1. The van der Waals surface area contributed by atoms with Crippen LogP contribution < -0.4 is 5.32 Å². The van der Waals surface area contributed by atoms with Crippen molar-refractivity contribution in [3.8, 4) is 0 Å². The molecule has 134 valence electrons. The minimum atomic E-state index is -3.85. The molecule has 2 aromatic rings. The molecule has 2 aromatic carbocycles. The summed E-state index contributed by atoms with van der Waals surface area (Å²) in [6, 6.07) is 12.2. The maximum absolute atomic E-state index is 13.0. The van der Waals surface area contributed by atoms with Crippen molar-refractivity contribution in [1.82, 2.24) is 9.62 Å². The Balaban J connectivity index is 2.01. The molecule has 0 bridgehead atoms. The number of rotatable bonds is 7. The molecule has 0 heterocycles. The van der Waals surface area contributed by atoms with Gasteiger partial charge in [0.2, 0.25) is 15.9 Å². The van der Waals surface area contributed by atoms with Gasteiger partial charge in [-0.15, -0.1) is 0 Å². The largest absolute Gasteiger partial charge is 0.351 e. The lowest BCUT2D eigenvalue weighted by atomic mass is 10.1. The molecule has 5 nitrogen and oxygen atoms in total. The molecule has 2 rings (SSSR count). The highest BCUT2D eigenvalue weighted by atomic mass is 32.2. The van der Waals surface area contributed by atoms with E-state index in [0.29, 0.717) is 6.54 Å². The highest BCUT2D eigenvalue weighted by molar-refractivity contribution is 7.89. The number of likely N-dealkylation sites (N-methyl/N-ethyl adjacent to an activating group) is 1. The number of carbonyl (C=O) groups excluding carboxylic acids is 1. The van der Waals surface area contributed by atoms with Crippen molar-refractivity contribution in [2.75, 3.05) is 13.1 Å². The van der Waals surface area contributed by atoms with E-state index < -0.39 is 21.7 Å². The fraction of sp³-hybridized carbons (Fsp3) is 0.278. The summed E-state index contributed by atoms with van der Waals surface area (Å²) in [7, 11) is -3.85. The van der Waals surface area contributed by atoms with Gasteiger partial charge in [-0.3, -0.25) is 4.79 Å². The van der Waals surface area contributed by atoms with Gasteiger partial charge in [0.15, 0.2) is 0 Å². The molecule has 0 aromatic heterocycles. The number of nitrogens with one attached hydrogen (secondary N) is 1. The lowest BCUT2D eigenvalue weighted by molar-refractivity contribution is -0.121. The summed E-state index contributed by atoms with van der Waals surface area (Å²) in [5.74, 6) is -0.911. The van der Waals surface area contributed by atoms with Gasteiger partial charge < -0.3 is 5.32 Å². The molecule has 0 spiro atoms. The Morgan fingerprint density at radius 1 is 1.08 bits per heavy atom. The second-order valence-electron chi connectivity index (χ2n) is 5.65. The van der Waals surface area contributed by atoms with E-state index in [2.05, 4.69) is 5.32 Å². The second kappa shape index (κ2) is 8.22. The molecule has 0 saturated heterocycles. The van der Waals surface area contributed by atoms with Crippen LogP contribution in [0.3, 0.4) is 0 Å². The van der Waals surface area contributed by atoms with E-state index in [0.717, 1.165) is 27.6 Å². The summed E-state index contributed by atoms with van der Waals surface area (Å²) >= 11 is 0. The minimum Gasteiger partial charge on any atom is -0.351 e. The van der Waals surface area contributed by atoms with Gasteiger partial charge in [0, 0.05) is 13.1 Å². The fourth-order valence-corrected chi connectivity index (χ4v) is 3.65. The standard InChI is InChI=1S/C18H21FN2O3S/c1-3-21(25(23,24)17-10-8-16(19)9-11-17)13-18(22)20-12-15-6-4-14(2)5-7-15/h4-11H,3,12-13H2,1-2H3,(H,20,22). The van der Waals surface area contributed by atoms with Crippen LogP contribution in [0.15, 0.2) is 53.4 Å². The van der Waals surface area contributed by atoms with Crippen molar-refractivity contribution >= 4 is 15.9 Å². The van der Waals surface area contributed by atoms with Crippen LogP contribution in [0.4, 0.5) is 4.39 Å². The minimum absolute atomic E-state index is 0.0397. The highest BCUT2D eigenvalue weighted by Crippen LogP contribution is 2.15. The van der Waals surface area contributed by atoms with Crippen LogP contribution in [0.2, 0.25) is 0 Å². The predicted molar refractivity (Wildman–Crippen MR) is 93.9 cm³/mol. The second-order valence-corrected chi connectivity index (χ2v) is 7.59. The molecule has 0 aliphatic carbocycles. The first kappa shape index (κ1) is 19.1. The van der Waals surface area contributed by atoms with Crippen LogP contribution in [0.25, 0.3) is 0 Å². The van der Waals surface area contributed by atoms with Gasteiger partial charge >= 0.3 is 0 Å². The first-order valence-corrected chi connectivity index (χ1v) is 9.35. The summed E-state index contributed by atoms with van der Waals surface area (Å²) in [4.78, 5) is 12.1. The zero-order chi connectivity index (χ0) is 18.4. The Hall–Kier alpha value is -2.25. The quantitative estimate of drug-likeness (QED) is 0.821. The molecule has 1 amide bonds. The number of halogens is 1. The van der Waals surface area contributed by atoms with Gasteiger partial charge in [-0.2, -0.15) is 4.31 Å². The number of hydrogen-bond acceptors (Lipinski definition) is 3. The van der Waals surface area contributed by atoms with E-state index in [1.54, 1.807) is 6.92 Å². The van der Waals surface area contributed by atoms with E-state index in [1.165, 1.54) is 12.1 Å². The molecule has 25 heavy (non-hydrogen) atoms. The summed E-state index contributed by atoms with van der Waals surface area (Å²) in [5.41, 5.74) is 2.06. The van der Waals surface area contributed by atoms with Crippen molar-refractivity contribution in [3.63, 3.8) is 0 Å². The average Bonchev–Trinajstić information content (AvgIpc) is 2.59. The Kier molecular flexibility index (Phi) is 6.27. The number of hydrogen-bond donors (Lipinski definition) is 1. The number of carbonyl (C=O) groups is 1. The first-order chi connectivity index (χ1) is 11.8. The topological polar surface area (TPSA) is 66.5 Å². The molecular weight excluding hydrogens is 343 g/mol. The monoisotopic (exact) mass is 364 g/mol. The van der Waals surface area contributed by atoms with Gasteiger partial charge in [0.05, 0.1) is 11.4 Å². The predicted octanol–water partition coefficient (Wildman–Crippen LogP) is 2.46. The molecule has 1 N–H and O–H groups in total. The SMILES string of the molecule is CCN(CC(=O)NCc1ccc(C)cc1)S(=O)(=O)c1ccc(F)cc1. The van der Waals surface area contributed by atoms with Gasteiger partial charge in [-0.25, -0.2) is 12.8 Å². The van der Waals surface area contributed by atoms with Crippen LogP contribution in [0.1, 0.15) is 18.1 Å². The van der Waals surface area contributed by atoms with Crippen molar-refractivity contribution in [3.05, 3.63) is 65.5 Å². The van der Waals surface area contributed by atoms with Crippen LogP contribution in [-0.2, 0) is 21.4 Å². The third kappa shape index (κ3) is 5.11. The van der Waals surface area contributed by atoms with Gasteiger partial charge in [0.25, 0.3) is 0 Å². The lowest BCUT2D eigenvalue weighted by Crippen LogP contribution is -2.40. The van der Waals surface area contributed by atoms with Crippen LogP contribution in [-0.4, -0.2) is 31.7 Å². The van der Waals surface area contributed by atoms with Crippen LogP contribution >= 0.6 is 0 Å². The van der Waals surface area contributed by atoms with Crippen LogP contribution in [0.5, 0.6) is 0 Å². The molecule has 0 aliphatic heterocycles. The Labute approximate surface area is 147 Å². The third-order valence-electron chi connectivity index (χ3n) is 3.73. The molecular formula is C18H21FN2O3S. The number of nitrogens with zero attached hydrogens (tertiary/aromatic N) is 1. The Morgan fingerprint density at radius 2 is 1.68 bits per heavy atom. The Morgan fingerprint density at radius 3 is 2.24 bits per heavy atom. The van der Waals surface area contributed by atoms with Gasteiger partial charge in [0.1, 0.15) is 5.82 Å². The van der Waals surface area contributed by atoms with E-state index in [1.807, 2.05) is 31.2 Å². The molecule has 0 aliphatic rings. The van der Waals surface area contributed by atoms with Crippen LogP contribution in [0, 0.1) is 12.7 Å². The van der Waals surface area contributed by atoms with E-state index >= 15 is 0 Å². The molecule has 7 heteroatoms. The van der Waals surface area contributed by atoms with Crippen molar-refractivity contribution in [2.24, 2.45) is 0 Å². The summed E-state index contributed by atoms with van der Waals surface area (Å²) in [6.45, 7) is 3.79. The molecule has 0 saturated carbocycles. The molecule has 0 fully saturated rings. The van der Waals surface area contributed by atoms with Crippen molar-refractivity contribution < 1.29 is 17.6 Å². The normalized spacial score (nSPS) is 11.5. The third-order valence-corrected chi connectivity index (χ3v) is 5.67. The molecule has 0 radical (unpaired) electrons. The average molecular weight is 364 g/mol. The summed E-state index contributed by atoms with van der Waals surface area (Å²) in [5, 5.41) is 2.71. The fourth-order valence-electron chi connectivity index (χ4n) is 2.25. The van der Waals surface area contributed by atoms with E-state index in [-0.39, 0.29) is 18.0 Å². The smallest absolute Gasteiger partial charge is 0.243 e. The summed E-state index contributed by atoms with van der Waals surface area (Å²) < 4.78 is 39.1. The lowest BCUT2D eigenvalue weighted by Gasteiger charge is -2.20. The number of sulfonamides is 1. The maximum Gasteiger partial charge on any atom is 0.243 e. The molecule has 0 atom stereocenters. The van der Waals surface area contributed by atoms with Crippen molar-refractivity contribution in [1.29, 1.82) is 0 Å². The highest BCUT2D eigenvalue weighted by Gasteiger charge is 2.25. The van der Waals surface area contributed by atoms with Gasteiger partial charge in [-0.05, 0) is 36.8 Å². The first-order valence-electron chi connectivity index (χ1n) is 7.91. The maximum atomic E-state index is 13.0. The van der Waals surface area contributed by atoms with Gasteiger partial charge in [-0.1, -0.05) is 36.8 Å². The Bertz CT molecular complexity index is 818. The number of aryl methyl sites for hydroxylation is 1. The van der Waals surface area contributed by atoms with E-state index in [9.17, 15) is 17.6 Å². The van der Waals surface area contributed by atoms with Crippen molar-refractivity contribution in [2.45, 2.75) is 25.3 Å².